The molecule has 0 bridgehead atoms. The van der Waals surface area contributed by atoms with Crippen LogP contribution in [0.1, 0.15) is 20.3 Å². The van der Waals surface area contributed by atoms with Crippen LogP contribution in [-0.4, -0.2) is 72.7 Å². The maximum absolute atomic E-state index is 3.64. The van der Waals surface area contributed by atoms with Crippen molar-refractivity contribution in [1.29, 1.82) is 0 Å². The Bertz CT molecular complexity index is 215. The van der Waals surface area contributed by atoms with Crippen LogP contribution >= 0.6 is 11.8 Å². The molecule has 100 valence electrons. The van der Waals surface area contributed by atoms with E-state index in [0.717, 1.165) is 12.1 Å². The average Bonchev–Trinajstić information content (AvgIpc) is 2.81. The van der Waals surface area contributed by atoms with Gasteiger partial charge in [-0.15, -0.1) is 0 Å². The van der Waals surface area contributed by atoms with Crippen LogP contribution in [0.3, 0.4) is 0 Å². The molecular weight excluding hydrogens is 230 g/mol. The van der Waals surface area contributed by atoms with E-state index < -0.39 is 0 Å². The summed E-state index contributed by atoms with van der Waals surface area (Å²) in [6.07, 6.45) is 1.36. The fraction of sp³-hybridized carbons (Fsp3) is 1.00. The predicted octanol–water partition coefficient (Wildman–Crippen LogP) is 1.11. The summed E-state index contributed by atoms with van der Waals surface area (Å²) in [5.41, 5.74) is 0. The van der Waals surface area contributed by atoms with E-state index in [2.05, 4.69) is 40.7 Å². The third kappa shape index (κ3) is 3.85. The molecule has 1 N–H and O–H groups in total. The van der Waals surface area contributed by atoms with Gasteiger partial charge in [0, 0.05) is 43.2 Å². The Balaban J connectivity index is 1.73. The van der Waals surface area contributed by atoms with Gasteiger partial charge in [0.2, 0.25) is 0 Å². The summed E-state index contributed by atoms with van der Waals surface area (Å²) in [7, 11) is 0. The van der Waals surface area contributed by atoms with Gasteiger partial charge in [-0.3, -0.25) is 4.90 Å². The molecule has 2 saturated heterocycles. The summed E-state index contributed by atoms with van der Waals surface area (Å²) < 4.78 is 0. The van der Waals surface area contributed by atoms with Crippen LogP contribution in [0.4, 0.5) is 0 Å². The molecule has 0 aliphatic carbocycles. The van der Waals surface area contributed by atoms with Gasteiger partial charge in [-0.2, -0.15) is 11.8 Å². The SMILES string of the molecule is CCN(CC)C1CCN(CC2CSCCN2)C1. The van der Waals surface area contributed by atoms with Crippen LogP contribution in [0.2, 0.25) is 0 Å². The molecular formula is C13H27N3S. The Kier molecular flexibility index (Phi) is 5.60. The van der Waals surface area contributed by atoms with Crippen molar-refractivity contribution >= 4 is 11.8 Å². The lowest BCUT2D eigenvalue weighted by Gasteiger charge is -2.29. The molecule has 2 heterocycles. The first-order valence-electron chi connectivity index (χ1n) is 7.11. The molecule has 2 atom stereocenters. The van der Waals surface area contributed by atoms with Gasteiger partial charge < -0.3 is 10.2 Å². The first-order valence-corrected chi connectivity index (χ1v) is 8.26. The highest BCUT2D eigenvalue weighted by molar-refractivity contribution is 7.99. The van der Waals surface area contributed by atoms with Gasteiger partial charge >= 0.3 is 0 Å². The van der Waals surface area contributed by atoms with E-state index in [9.17, 15) is 0 Å². The lowest BCUT2D eigenvalue weighted by molar-refractivity contribution is 0.206. The topological polar surface area (TPSA) is 18.5 Å². The normalized spacial score (nSPS) is 31.2. The average molecular weight is 257 g/mol. The fourth-order valence-corrected chi connectivity index (χ4v) is 4.00. The zero-order valence-electron chi connectivity index (χ0n) is 11.3. The quantitative estimate of drug-likeness (QED) is 0.795. The van der Waals surface area contributed by atoms with E-state index >= 15 is 0 Å². The molecule has 2 aliphatic heterocycles. The summed E-state index contributed by atoms with van der Waals surface area (Å²) in [5, 5.41) is 3.64. The van der Waals surface area contributed by atoms with Crippen LogP contribution in [-0.2, 0) is 0 Å². The largest absolute Gasteiger partial charge is 0.311 e. The lowest BCUT2D eigenvalue weighted by Crippen LogP contribution is -2.46. The van der Waals surface area contributed by atoms with Crippen molar-refractivity contribution in [1.82, 2.24) is 15.1 Å². The zero-order valence-corrected chi connectivity index (χ0v) is 12.1. The minimum Gasteiger partial charge on any atom is -0.311 e. The predicted molar refractivity (Wildman–Crippen MR) is 76.9 cm³/mol. The van der Waals surface area contributed by atoms with E-state index in [-0.39, 0.29) is 0 Å². The van der Waals surface area contributed by atoms with Crippen LogP contribution in [0.25, 0.3) is 0 Å². The molecule has 0 aromatic rings. The summed E-state index contributed by atoms with van der Waals surface area (Å²) in [6.45, 7) is 12.0. The molecule has 0 amide bonds. The number of likely N-dealkylation sites (N-methyl/N-ethyl adjacent to an activating group) is 1. The number of thioether (sulfide) groups is 1. The Labute approximate surface area is 110 Å². The van der Waals surface area contributed by atoms with E-state index in [1.54, 1.807) is 0 Å². The molecule has 17 heavy (non-hydrogen) atoms. The molecule has 2 rings (SSSR count). The van der Waals surface area contributed by atoms with Crippen molar-refractivity contribution in [2.75, 3.05) is 50.8 Å². The van der Waals surface area contributed by atoms with Crippen LogP contribution in [0.5, 0.6) is 0 Å². The fourth-order valence-electron chi connectivity index (χ4n) is 3.06. The van der Waals surface area contributed by atoms with E-state index in [1.165, 1.54) is 57.2 Å². The maximum atomic E-state index is 3.64. The van der Waals surface area contributed by atoms with Crippen molar-refractivity contribution < 1.29 is 0 Å². The number of likely N-dealkylation sites (tertiary alicyclic amines) is 1. The van der Waals surface area contributed by atoms with Gasteiger partial charge in [0.15, 0.2) is 0 Å². The Morgan fingerprint density at radius 3 is 2.82 bits per heavy atom. The third-order valence-electron chi connectivity index (χ3n) is 4.05. The lowest BCUT2D eigenvalue weighted by atomic mass is 10.2. The van der Waals surface area contributed by atoms with Crippen LogP contribution in [0.15, 0.2) is 0 Å². The molecule has 0 radical (unpaired) electrons. The highest BCUT2D eigenvalue weighted by Gasteiger charge is 2.27. The Hall–Kier alpha value is 0.230. The summed E-state index contributed by atoms with van der Waals surface area (Å²) in [6, 6.07) is 1.53. The molecule has 2 fully saturated rings. The van der Waals surface area contributed by atoms with Crippen molar-refractivity contribution in [3.8, 4) is 0 Å². The third-order valence-corrected chi connectivity index (χ3v) is 5.18. The summed E-state index contributed by atoms with van der Waals surface area (Å²) in [5.74, 6) is 2.59. The minimum atomic E-state index is 0.726. The second-order valence-electron chi connectivity index (χ2n) is 5.15. The van der Waals surface area contributed by atoms with E-state index in [1.807, 2.05) is 0 Å². The smallest absolute Gasteiger partial charge is 0.0285 e. The Morgan fingerprint density at radius 1 is 1.35 bits per heavy atom. The molecule has 4 heteroatoms. The van der Waals surface area contributed by atoms with Crippen molar-refractivity contribution in [2.45, 2.75) is 32.4 Å². The van der Waals surface area contributed by atoms with Crippen LogP contribution in [0, 0.1) is 0 Å². The van der Waals surface area contributed by atoms with Gasteiger partial charge in [0.25, 0.3) is 0 Å². The molecule has 0 aromatic carbocycles. The second kappa shape index (κ2) is 6.98. The molecule has 2 aliphatic rings. The minimum absolute atomic E-state index is 0.726. The molecule has 3 nitrogen and oxygen atoms in total. The number of hydrogen-bond donors (Lipinski definition) is 1. The van der Waals surface area contributed by atoms with Crippen molar-refractivity contribution in [3.63, 3.8) is 0 Å². The molecule has 0 saturated carbocycles. The molecule has 0 spiro atoms. The maximum Gasteiger partial charge on any atom is 0.0285 e. The van der Waals surface area contributed by atoms with E-state index in [0.29, 0.717) is 0 Å². The van der Waals surface area contributed by atoms with Gasteiger partial charge in [0.1, 0.15) is 0 Å². The highest BCUT2D eigenvalue weighted by atomic mass is 32.2. The highest BCUT2D eigenvalue weighted by Crippen LogP contribution is 2.17. The van der Waals surface area contributed by atoms with E-state index in [4.69, 9.17) is 0 Å². The summed E-state index contributed by atoms with van der Waals surface area (Å²) in [4.78, 5) is 5.27. The number of rotatable bonds is 5. The van der Waals surface area contributed by atoms with Gasteiger partial charge in [-0.1, -0.05) is 13.8 Å². The zero-order chi connectivity index (χ0) is 12.1. The first kappa shape index (κ1) is 13.7. The van der Waals surface area contributed by atoms with Crippen LogP contribution < -0.4 is 5.32 Å². The molecule has 0 aromatic heterocycles. The van der Waals surface area contributed by atoms with Crippen molar-refractivity contribution in [2.24, 2.45) is 0 Å². The van der Waals surface area contributed by atoms with Gasteiger partial charge in [-0.25, -0.2) is 0 Å². The monoisotopic (exact) mass is 257 g/mol. The molecule has 2 unspecified atom stereocenters. The summed E-state index contributed by atoms with van der Waals surface area (Å²) >= 11 is 2.10. The Morgan fingerprint density at radius 2 is 2.18 bits per heavy atom. The van der Waals surface area contributed by atoms with Gasteiger partial charge in [0.05, 0.1) is 0 Å². The first-order chi connectivity index (χ1) is 8.33. The second-order valence-corrected chi connectivity index (χ2v) is 6.30. The van der Waals surface area contributed by atoms with Crippen molar-refractivity contribution in [3.05, 3.63) is 0 Å². The standard InChI is InChI=1S/C13H27N3S/c1-3-16(4-2)13-5-7-15(10-13)9-12-11-17-8-6-14-12/h12-14H,3-11H2,1-2H3. The van der Waals surface area contributed by atoms with Gasteiger partial charge in [-0.05, 0) is 26.1 Å². The number of nitrogens with zero attached hydrogens (tertiary/aromatic N) is 2. The number of nitrogens with one attached hydrogen (secondary N) is 1. The number of hydrogen-bond acceptors (Lipinski definition) is 4.